The molecule has 2 aromatic rings. The van der Waals surface area contributed by atoms with Crippen molar-refractivity contribution in [2.45, 2.75) is 19.0 Å². The molecule has 1 atom stereocenters. The van der Waals surface area contributed by atoms with E-state index in [1.165, 1.54) is 0 Å². The molecule has 0 radical (unpaired) electrons. The number of ether oxygens (including phenoxy) is 1. The maximum Gasteiger partial charge on any atom is 0.255 e. The van der Waals surface area contributed by atoms with Gasteiger partial charge in [0.1, 0.15) is 11.4 Å². The van der Waals surface area contributed by atoms with E-state index in [4.69, 9.17) is 16.3 Å². The maximum absolute atomic E-state index is 12.3. The number of carbonyl (C=O) groups is 1. The number of halogens is 1. The van der Waals surface area contributed by atoms with Crippen LogP contribution >= 0.6 is 11.6 Å². The number of benzene rings is 2. The minimum absolute atomic E-state index is 0.118. The molecule has 0 bridgehead atoms. The maximum atomic E-state index is 12.3. The van der Waals surface area contributed by atoms with Gasteiger partial charge in [-0.25, -0.2) is 0 Å². The number of hydrogen-bond acceptors (Lipinski definition) is 3. The average Bonchev–Trinajstić information content (AvgIpc) is 2.49. The summed E-state index contributed by atoms with van der Waals surface area (Å²) in [4.78, 5) is 12.3. The van der Waals surface area contributed by atoms with Gasteiger partial charge in [0.05, 0.1) is 12.7 Å². The van der Waals surface area contributed by atoms with E-state index in [0.29, 0.717) is 17.0 Å². The SMILES string of the molecule is COc1ccc(CC2(C)NC(=O)c3cc(Cl)ccc3N2)cc1. The van der Waals surface area contributed by atoms with E-state index in [1.807, 2.05) is 37.3 Å². The summed E-state index contributed by atoms with van der Waals surface area (Å²) in [5, 5.41) is 6.95. The summed E-state index contributed by atoms with van der Waals surface area (Å²) >= 11 is 5.95. The lowest BCUT2D eigenvalue weighted by Gasteiger charge is -2.38. The van der Waals surface area contributed by atoms with Gasteiger partial charge in [0.15, 0.2) is 0 Å². The van der Waals surface area contributed by atoms with Gasteiger partial charge < -0.3 is 15.4 Å². The van der Waals surface area contributed by atoms with Crippen LogP contribution in [0.2, 0.25) is 5.02 Å². The van der Waals surface area contributed by atoms with Crippen molar-refractivity contribution in [2.75, 3.05) is 12.4 Å². The Hall–Kier alpha value is -2.20. The van der Waals surface area contributed by atoms with Gasteiger partial charge in [-0.3, -0.25) is 4.79 Å². The topological polar surface area (TPSA) is 50.4 Å². The highest BCUT2D eigenvalue weighted by molar-refractivity contribution is 6.31. The van der Waals surface area contributed by atoms with Crippen molar-refractivity contribution < 1.29 is 9.53 Å². The van der Waals surface area contributed by atoms with Gasteiger partial charge in [-0.15, -0.1) is 0 Å². The first-order valence-electron chi connectivity index (χ1n) is 7.02. The molecule has 22 heavy (non-hydrogen) atoms. The van der Waals surface area contributed by atoms with Crippen LogP contribution in [0.5, 0.6) is 5.75 Å². The minimum Gasteiger partial charge on any atom is -0.497 e. The van der Waals surface area contributed by atoms with E-state index in [1.54, 1.807) is 19.2 Å². The van der Waals surface area contributed by atoms with E-state index in [0.717, 1.165) is 17.0 Å². The highest BCUT2D eigenvalue weighted by Gasteiger charge is 2.33. The first-order chi connectivity index (χ1) is 10.5. The molecule has 3 rings (SSSR count). The quantitative estimate of drug-likeness (QED) is 0.911. The van der Waals surface area contributed by atoms with E-state index in [-0.39, 0.29) is 5.91 Å². The lowest BCUT2D eigenvalue weighted by molar-refractivity contribution is 0.0907. The number of amides is 1. The molecule has 2 aromatic carbocycles. The Kier molecular flexibility index (Phi) is 3.71. The second-order valence-corrected chi connectivity index (χ2v) is 6.06. The van der Waals surface area contributed by atoms with Gasteiger partial charge in [0.2, 0.25) is 0 Å². The van der Waals surface area contributed by atoms with Crippen LogP contribution in [-0.2, 0) is 6.42 Å². The van der Waals surface area contributed by atoms with Crippen molar-refractivity contribution in [3.8, 4) is 5.75 Å². The van der Waals surface area contributed by atoms with Gasteiger partial charge in [-0.05, 0) is 42.8 Å². The number of methoxy groups -OCH3 is 1. The molecule has 4 nitrogen and oxygen atoms in total. The van der Waals surface area contributed by atoms with E-state index < -0.39 is 5.66 Å². The number of nitrogens with one attached hydrogen (secondary N) is 2. The van der Waals surface area contributed by atoms with Crippen LogP contribution < -0.4 is 15.4 Å². The van der Waals surface area contributed by atoms with Crippen molar-refractivity contribution in [3.05, 3.63) is 58.6 Å². The Bertz CT molecular complexity index is 715. The van der Waals surface area contributed by atoms with Crippen molar-refractivity contribution in [2.24, 2.45) is 0 Å². The zero-order valence-corrected chi connectivity index (χ0v) is 13.2. The third-order valence-corrected chi connectivity index (χ3v) is 3.98. The smallest absolute Gasteiger partial charge is 0.255 e. The Morgan fingerprint density at radius 2 is 1.86 bits per heavy atom. The number of rotatable bonds is 3. The summed E-state index contributed by atoms with van der Waals surface area (Å²) < 4.78 is 5.16. The summed E-state index contributed by atoms with van der Waals surface area (Å²) in [6.45, 7) is 1.96. The average molecular weight is 317 g/mol. The third-order valence-electron chi connectivity index (χ3n) is 3.74. The molecule has 5 heteroatoms. The summed E-state index contributed by atoms with van der Waals surface area (Å²) in [5.74, 6) is 0.696. The predicted molar refractivity (Wildman–Crippen MR) is 87.6 cm³/mol. The molecule has 0 saturated heterocycles. The molecular weight excluding hydrogens is 300 g/mol. The summed E-state index contributed by atoms with van der Waals surface area (Å²) in [6.07, 6.45) is 0.658. The molecule has 2 N–H and O–H groups in total. The fraction of sp³-hybridized carbons (Fsp3) is 0.235. The van der Waals surface area contributed by atoms with Crippen molar-refractivity contribution in [1.29, 1.82) is 0 Å². The molecule has 1 amide bonds. The van der Waals surface area contributed by atoms with Crippen molar-refractivity contribution in [1.82, 2.24) is 5.32 Å². The molecule has 1 aliphatic rings. The van der Waals surface area contributed by atoms with Gasteiger partial charge in [0.25, 0.3) is 5.91 Å². The highest BCUT2D eigenvalue weighted by Crippen LogP contribution is 2.29. The van der Waals surface area contributed by atoms with Crippen LogP contribution in [0.3, 0.4) is 0 Å². The number of carbonyl (C=O) groups excluding carboxylic acids is 1. The van der Waals surface area contributed by atoms with Crippen LogP contribution in [0.15, 0.2) is 42.5 Å². The third kappa shape index (κ3) is 2.88. The molecule has 1 heterocycles. The van der Waals surface area contributed by atoms with Crippen LogP contribution in [0, 0.1) is 0 Å². The molecular formula is C17H17ClN2O2. The van der Waals surface area contributed by atoms with E-state index in [9.17, 15) is 4.79 Å². The summed E-state index contributed by atoms with van der Waals surface area (Å²) in [6, 6.07) is 13.1. The lowest BCUT2D eigenvalue weighted by atomic mass is 9.96. The van der Waals surface area contributed by atoms with Gasteiger partial charge in [-0.1, -0.05) is 23.7 Å². The van der Waals surface area contributed by atoms with Gasteiger partial charge in [0, 0.05) is 17.1 Å². The first kappa shape index (κ1) is 14.7. The summed E-state index contributed by atoms with van der Waals surface area (Å²) in [5.41, 5.74) is 1.92. The van der Waals surface area contributed by atoms with Crippen LogP contribution in [0.25, 0.3) is 0 Å². The molecule has 0 spiro atoms. The lowest BCUT2D eigenvalue weighted by Crippen LogP contribution is -2.56. The highest BCUT2D eigenvalue weighted by atomic mass is 35.5. The monoisotopic (exact) mass is 316 g/mol. The number of fused-ring (bicyclic) bond motifs is 1. The van der Waals surface area contributed by atoms with Gasteiger partial charge >= 0.3 is 0 Å². The Balaban J connectivity index is 1.84. The molecule has 114 valence electrons. The molecule has 0 fully saturated rings. The predicted octanol–water partition coefficient (Wildman–Crippen LogP) is 3.46. The van der Waals surface area contributed by atoms with E-state index >= 15 is 0 Å². The number of hydrogen-bond donors (Lipinski definition) is 2. The molecule has 1 unspecified atom stereocenters. The largest absolute Gasteiger partial charge is 0.497 e. The first-order valence-corrected chi connectivity index (χ1v) is 7.40. The van der Waals surface area contributed by atoms with Crippen molar-refractivity contribution in [3.63, 3.8) is 0 Å². The van der Waals surface area contributed by atoms with E-state index in [2.05, 4.69) is 10.6 Å². The molecule has 0 aliphatic carbocycles. The fourth-order valence-corrected chi connectivity index (χ4v) is 2.87. The van der Waals surface area contributed by atoms with Crippen LogP contribution in [0.4, 0.5) is 5.69 Å². The second kappa shape index (κ2) is 5.54. The zero-order chi connectivity index (χ0) is 15.7. The second-order valence-electron chi connectivity index (χ2n) is 5.63. The molecule has 0 saturated carbocycles. The Labute approximate surface area is 134 Å². The Morgan fingerprint density at radius 3 is 2.55 bits per heavy atom. The molecule has 0 aromatic heterocycles. The van der Waals surface area contributed by atoms with Crippen LogP contribution in [0.1, 0.15) is 22.8 Å². The molecule has 1 aliphatic heterocycles. The normalized spacial score (nSPS) is 19.9. The van der Waals surface area contributed by atoms with Gasteiger partial charge in [-0.2, -0.15) is 0 Å². The number of anilines is 1. The summed E-state index contributed by atoms with van der Waals surface area (Å²) in [7, 11) is 1.64. The Morgan fingerprint density at radius 1 is 1.14 bits per heavy atom. The fourth-order valence-electron chi connectivity index (χ4n) is 2.70. The standard InChI is InChI=1S/C17H17ClN2O2/c1-17(10-11-3-6-13(22-2)7-4-11)19-15-8-5-12(18)9-14(15)16(21)20-17/h3-9,19H,10H2,1-2H3,(H,20,21). The minimum atomic E-state index is -0.549. The van der Waals surface area contributed by atoms with Crippen molar-refractivity contribution >= 4 is 23.2 Å². The van der Waals surface area contributed by atoms with Crippen LogP contribution in [-0.4, -0.2) is 18.7 Å². The zero-order valence-electron chi connectivity index (χ0n) is 12.4.